The molecule has 2 rings (SSSR count). The maximum Gasteiger partial charge on any atom is 0.0552 e. The van der Waals surface area contributed by atoms with Gasteiger partial charge in [-0.05, 0) is 40.9 Å². The lowest BCUT2D eigenvalue weighted by Gasteiger charge is -2.06. The van der Waals surface area contributed by atoms with E-state index in [-0.39, 0.29) is 6.10 Å². The second-order valence-electron chi connectivity index (χ2n) is 3.95. The first kappa shape index (κ1) is 10.7. The van der Waals surface area contributed by atoms with E-state index in [4.69, 9.17) is 0 Å². The van der Waals surface area contributed by atoms with E-state index >= 15 is 0 Å². The summed E-state index contributed by atoms with van der Waals surface area (Å²) in [4.78, 5) is 0. The summed E-state index contributed by atoms with van der Waals surface area (Å²) in [6.45, 7) is 1.82. The smallest absolute Gasteiger partial charge is 0.0552 e. The molecular weight excluding hydrogens is 254 g/mol. The molecule has 1 atom stereocenters. The molecular formula is C12H14BrNO. The normalized spacial score (nSPS) is 13.3. The molecule has 0 spiro atoms. The lowest BCUT2D eigenvalue weighted by Crippen LogP contribution is -2.04. The molecule has 0 saturated heterocycles. The largest absolute Gasteiger partial charge is 0.393 e. The summed E-state index contributed by atoms with van der Waals surface area (Å²) in [7, 11) is 2.03. The van der Waals surface area contributed by atoms with Gasteiger partial charge in [0.05, 0.1) is 6.10 Å². The van der Waals surface area contributed by atoms with Gasteiger partial charge in [-0.2, -0.15) is 0 Å². The minimum Gasteiger partial charge on any atom is -0.393 e. The van der Waals surface area contributed by atoms with Crippen molar-refractivity contribution < 1.29 is 5.11 Å². The van der Waals surface area contributed by atoms with Crippen molar-refractivity contribution in [1.29, 1.82) is 0 Å². The van der Waals surface area contributed by atoms with E-state index < -0.39 is 0 Å². The van der Waals surface area contributed by atoms with Crippen LogP contribution in [0, 0.1) is 0 Å². The minimum atomic E-state index is -0.303. The topological polar surface area (TPSA) is 25.2 Å². The van der Waals surface area contributed by atoms with Crippen LogP contribution < -0.4 is 0 Å². The van der Waals surface area contributed by atoms with Crippen LogP contribution in [0.4, 0.5) is 0 Å². The Hall–Kier alpha value is -0.800. The van der Waals surface area contributed by atoms with Gasteiger partial charge in [0.15, 0.2) is 0 Å². The van der Waals surface area contributed by atoms with E-state index in [0.29, 0.717) is 6.42 Å². The molecule has 0 aliphatic heterocycles. The fraction of sp³-hybridized carbons (Fsp3) is 0.333. The Labute approximate surface area is 97.7 Å². The van der Waals surface area contributed by atoms with Crippen LogP contribution in [-0.2, 0) is 13.5 Å². The van der Waals surface area contributed by atoms with Crippen molar-refractivity contribution in [3.8, 4) is 0 Å². The zero-order valence-corrected chi connectivity index (χ0v) is 10.5. The molecule has 0 bridgehead atoms. The second-order valence-corrected chi connectivity index (χ2v) is 4.81. The van der Waals surface area contributed by atoms with Crippen molar-refractivity contribution in [1.82, 2.24) is 4.57 Å². The van der Waals surface area contributed by atoms with Crippen LogP contribution in [0.1, 0.15) is 12.5 Å². The molecule has 1 heterocycles. The molecule has 3 heteroatoms. The predicted molar refractivity (Wildman–Crippen MR) is 66.0 cm³/mol. The third-order valence-electron chi connectivity index (χ3n) is 2.57. The van der Waals surface area contributed by atoms with Gasteiger partial charge in [-0.3, -0.25) is 0 Å². The van der Waals surface area contributed by atoms with E-state index in [1.165, 1.54) is 16.5 Å². The number of hydrogen-bond donors (Lipinski definition) is 1. The Kier molecular flexibility index (Phi) is 2.85. The van der Waals surface area contributed by atoms with Crippen molar-refractivity contribution in [3.63, 3.8) is 0 Å². The molecule has 1 N–H and O–H groups in total. The van der Waals surface area contributed by atoms with Crippen molar-refractivity contribution in [2.24, 2.45) is 7.05 Å². The first-order valence-electron chi connectivity index (χ1n) is 5.00. The quantitative estimate of drug-likeness (QED) is 0.890. The summed E-state index contributed by atoms with van der Waals surface area (Å²) in [5.74, 6) is 0. The molecule has 0 aliphatic rings. The Balaban J connectivity index is 2.64. The summed E-state index contributed by atoms with van der Waals surface area (Å²) >= 11 is 3.56. The zero-order valence-electron chi connectivity index (χ0n) is 8.87. The monoisotopic (exact) mass is 267 g/mol. The molecule has 1 aromatic carbocycles. The van der Waals surface area contributed by atoms with Crippen LogP contribution in [-0.4, -0.2) is 15.8 Å². The number of nitrogens with zero attached hydrogens (tertiary/aromatic N) is 1. The van der Waals surface area contributed by atoms with Gasteiger partial charge >= 0.3 is 0 Å². The number of halogens is 1. The number of fused-ring (bicyclic) bond motifs is 1. The molecule has 0 amide bonds. The number of aryl methyl sites for hydroxylation is 1. The van der Waals surface area contributed by atoms with E-state index in [0.717, 1.165) is 4.47 Å². The summed E-state index contributed by atoms with van der Waals surface area (Å²) in [5, 5.41) is 10.7. The molecule has 0 radical (unpaired) electrons. The molecule has 2 nitrogen and oxygen atoms in total. The summed E-state index contributed by atoms with van der Waals surface area (Å²) in [5.41, 5.74) is 2.38. The second kappa shape index (κ2) is 3.99. The average molecular weight is 268 g/mol. The molecule has 2 aromatic rings. The number of rotatable bonds is 2. The third-order valence-corrected chi connectivity index (χ3v) is 3.17. The van der Waals surface area contributed by atoms with Crippen molar-refractivity contribution in [3.05, 3.63) is 34.4 Å². The van der Waals surface area contributed by atoms with Gasteiger partial charge in [0.2, 0.25) is 0 Å². The minimum absolute atomic E-state index is 0.303. The number of aromatic nitrogens is 1. The molecule has 0 saturated carbocycles. The van der Waals surface area contributed by atoms with E-state index in [9.17, 15) is 5.11 Å². The predicted octanol–water partition coefficient (Wildman–Crippen LogP) is 2.86. The SMILES string of the molecule is CC(O)Cc1cccc2c1c(Br)cn2C. The summed E-state index contributed by atoms with van der Waals surface area (Å²) in [6.07, 6.45) is 2.44. The summed E-state index contributed by atoms with van der Waals surface area (Å²) < 4.78 is 3.18. The lowest BCUT2D eigenvalue weighted by molar-refractivity contribution is 0.196. The number of aliphatic hydroxyl groups is 1. The van der Waals surface area contributed by atoms with Gasteiger partial charge in [0, 0.05) is 28.6 Å². The Morgan fingerprint density at radius 2 is 2.20 bits per heavy atom. The van der Waals surface area contributed by atoms with Gasteiger partial charge in [-0.25, -0.2) is 0 Å². The lowest BCUT2D eigenvalue weighted by atomic mass is 10.0. The zero-order chi connectivity index (χ0) is 11.0. The molecule has 0 fully saturated rings. The maximum absolute atomic E-state index is 9.44. The van der Waals surface area contributed by atoms with E-state index in [2.05, 4.69) is 38.8 Å². The molecule has 80 valence electrons. The molecule has 0 aliphatic carbocycles. The van der Waals surface area contributed by atoms with Crippen LogP contribution in [0.15, 0.2) is 28.9 Å². The van der Waals surface area contributed by atoms with Gasteiger partial charge < -0.3 is 9.67 Å². The van der Waals surface area contributed by atoms with Gasteiger partial charge in [0.25, 0.3) is 0 Å². The standard InChI is InChI=1S/C12H14BrNO/c1-8(15)6-9-4-3-5-11-12(9)10(13)7-14(11)2/h3-5,7-8,15H,6H2,1-2H3. The van der Waals surface area contributed by atoms with Crippen molar-refractivity contribution in [2.75, 3.05) is 0 Å². The van der Waals surface area contributed by atoms with Gasteiger partial charge in [-0.15, -0.1) is 0 Å². The molecule has 1 aromatic heterocycles. The third kappa shape index (κ3) is 1.94. The highest BCUT2D eigenvalue weighted by Gasteiger charge is 2.10. The maximum atomic E-state index is 9.44. The first-order valence-corrected chi connectivity index (χ1v) is 5.79. The van der Waals surface area contributed by atoms with Crippen LogP contribution in [0.5, 0.6) is 0 Å². The number of benzene rings is 1. The first-order chi connectivity index (χ1) is 7.09. The van der Waals surface area contributed by atoms with Crippen LogP contribution >= 0.6 is 15.9 Å². The number of aliphatic hydroxyl groups excluding tert-OH is 1. The average Bonchev–Trinajstić information content (AvgIpc) is 2.43. The Morgan fingerprint density at radius 3 is 2.87 bits per heavy atom. The summed E-state index contributed by atoms with van der Waals surface area (Å²) in [6, 6.07) is 6.19. The van der Waals surface area contributed by atoms with Crippen molar-refractivity contribution in [2.45, 2.75) is 19.4 Å². The molecule has 15 heavy (non-hydrogen) atoms. The highest BCUT2D eigenvalue weighted by molar-refractivity contribution is 9.10. The van der Waals surface area contributed by atoms with Gasteiger partial charge in [0.1, 0.15) is 0 Å². The fourth-order valence-electron chi connectivity index (χ4n) is 1.95. The Bertz CT molecular complexity index is 488. The van der Waals surface area contributed by atoms with Gasteiger partial charge in [-0.1, -0.05) is 12.1 Å². The Morgan fingerprint density at radius 1 is 1.47 bits per heavy atom. The van der Waals surface area contributed by atoms with E-state index in [1.54, 1.807) is 0 Å². The van der Waals surface area contributed by atoms with E-state index in [1.807, 2.05) is 20.0 Å². The van der Waals surface area contributed by atoms with Crippen LogP contribution in [0.25, 0.3) is 10.9 Å². The highest BCUT2D eigenvalue weighted by Crippen LogP contribution is 2.29. The molecule has 1 unspecified atom stereocenters. The van der Waals surface area contributed by atoms with Crippen molar-refractivity contribution >= 4 is 26.8 Å². The van der Waals surface area contributed by atoms with Crippen LogP contribution in [0.3, 0.4) is 0 Å². The number of hydrogen-bond acceptors (Lipinski definition) is 1. The fourth-order valence-corrected chi connectivity index (χ4v) is 2.71. The van der Waals surface area contributed by atoms with Crippen LogP contribution in [0.2, 0.25) is 0 Å². The highest BCUT2D eigenvalue weighted by atomic mass is 79.9.